The number of nitrogens with two attached hydrogens (primary N) is 1. The fraction of sp³-hybridized carbons (Fsp3) is 0.375. The minimum absolute atomic E-state index is 0.207. The second kappa shape index (κ2) is 5.83. The highest BCUT2D eigenvalue weighted by Gasteiger charge is 2.25. The van der Waals surface area contributed by atoms with Crippen molar-refractivity contribution in [2.75, 3.05) is 5.73 Å². The van der Waals surface area contributed by atoms with E-state index in [0.717, 1.165) is 24.9 Å². The van der Waals surface area contributed by atoms with Crippen molar-refractivity contribution in [3.8, 4) is 0 Å². The van der Waals surface area contributed by atoms with Crippen LogP contribution in [0.4, 0.5) is 11.4 Å². The highest BCUT2D eigenvalue weighted by Crippen LogP contribution is 2.32. The highest BCUT2D eigenvalue weighted by molar-refractivity contribution is 5.61. The predicted octanol–water partition coefficient (Wildman–Crippen LogP) is 4.80. The van der Waals surface area contributed by atoms with Gasteiger partial charge < -0.3 is 5.73 Å². The number of azo groups is 1. The van der Waals surface area contributed by atoms with Gasteiger partial charge >= 0.3 is 0 Å². The first-order chi connectivity index (χ1) is 9.19. The average Bonchev–Trinajstić information content (AvgIpc) is 2.47. The van der Waals surface area contributed by atoms with Crippen molar-refractivity contribution < 1.29 is 0 Å². The van der Waals surface area contributed by atoms with E-state index < -0.39 is 0 Å². The molecule has 0 aliphatic heterocycles. The summed E-state index contributed by atoms with van der Waals surface area (Å²) in [5.41, 5.74) is 8.46. The molecule has 100 valence electrons. The Kier molecular flexibility index (Phi) is 4.15. The number of allylic oxidation sites excluding steroid dienone is 2. The van der Waals surface area contributed by atoms with Crippen LogP contribution in [-0.4, -0.2) is 5.54 Å². The van der Waals surface area contributed by atoms with E-state index >= 15 is 0 Å². The molecule has 0 spiro atoms. The van der Waals surface area contributed by atoms with Crippen molar-refractivity contribution in [2.45, 2.75) is 38.6 Å². The maximum atomic E-state index is 5.88. The number of hydrogen-bond donors (Lipinski definition) is 1. The SMILES string of the molecule is CCC1=CCC(CC)(N=Nc2ccccc2N)C=C1. The van der Waals surface area contributed by atoms with Crippen LogP contribution in [0.25, 0.3) is 0 Å². The zero-order valence-electron chi connectivity index (χ0n) is 11.6. The summed E-state index contributed by atoms with van der Waals surface area (Å²) in [7, 11) is 0. The Labute approximate surface area is 114 Å². The van der Waals surface area contributed by atoms with Crippen molar-refractivity contribution in [3.05, 3.63) is 48.1 Å². The van der Waals surface area contributed by atoms with Gasteiger partial charge in [-0.05, 0) is 31.4 Å². The van der Waals surface area contributed by atoms with E-state index in [1.54, 1.807) is 0 Å². The molecule has 0 heterocycles. The number of rotatable bonds is 4. The van der Waals surface area contributed by atoms with Crippen LogP contribution < -0.4 is 5.73 Å². The summed E-state index contributed by atoms with van der Waals surface area (Å²) in [5.74, 6) is 0. The molecular weight excluding hydrogens is 234 g/mol. The lowest BCUT2D eigenvalue weighted by Gasteiger charge is -2.25. The van der Waals surface area contributed by atoms with E-state index in [1.807, 2.05) is 24.3 Å². The molecule has 3 heteroatoms. The molecule has 2 N–H and O–H groups in total. The molecule has 19 heavy (non-hydrogen) atoms. The Morgan fingerprint density at radius 3 is 2.63 bits per heavy atom. The Bertz CT molecular complexity index is 529. The molecule has 2 rings (SSSR count). The number of anilines is 1. The maximum absolute atomic E-state index is 5.88. The predicted molar refractivity (Wildman–Crippen MR) is 80.5 cm³/mol. The molecule has 0 fully saturated rings. The second-order valence-corrected chi connectivity index (χ2v) is 4.89. The van der Waals surface area contributed by atoms with E-state index in [4.69, 9.17) is 5.73 Å². The Balaban J connectivity index is 2.19. The van der Waals surface area contributed by atoms with Crippen LogP contribution in [0.15, 0.2) is 58.3 Å². The number of nitrogen functional groups attached to an aromatic ring is 1. The Morgan fingerprint density at radius 2 is 2.05 bits per heavy atom. The van der Waals surface area contributed by atoms with Crippen molar-refractivity contribution in [3.63, 3.8) is 0 Å². The first kappa shape index (κ1) is 13.5. The van der Waals surface area contributed by atoms with Crippen LogP contribution in [0.1, 0.15) is 33.1 Å². The number of benzene rings is 1. The van der Waals surface area contributed by atoms with E-state index in [-0.39, 0.29) is 5.54 Å². The lowest BCUT2D eigenvalue weighted by molar-refractivity contribution is 0.490. The Morgan fingerprint density at radius 1 is 1.26 bits per heavy atom. The van der Waals surface area contributed by atoms with E-state index in [9.17, 15) is 0 Å². The maximum Gasteiger partial charge on any atom is 0.108 e. The zero-order valence-corrected chi connectivity index (χ0v) is 11.6. The molecule has 1 atom stereocenters. The van der Waals surface area contributed by atoms with Crippen molar-refractivity contribution >= 4 is 11.4 Å². The first-order valence-corrected chi connectivity index (χ1v) is 6.85. The van der Waals surface area contributed by atoms with Gasteiger partial charge in [-0.25, -0.2) is 0 Å². The van der Waals surface area contributed by atoms with E-state index in [0.29, 0.717) is 5.69 Å². The molecule has 0 saturated carbocycles. The number of hydrogen-bond acceptors (Lipinski definition) is 3. The molecule has 3 nitrogen and oxygen atoms in total. The number of para-hydroxylation sites is 1. The van der Waals surface area contributed by atoms with Crippen LogP contribution in [-0.2, 0) is 0 Å². The summed E-state index contributed by atoms with van der Waals surface area (Å²) >= 11 is 0. The molecule has 0 radical (unpaired) electrons. The lowest BCUT2D eigenvalue weighted by Crippen LogP contribution is -2.23. The minimum atomic E-state index is -0.207. The van der Waals surface area contributed by atoms with Crippen LogP contribution in [0.3, 0.4) is 0 Å². The first-order valence-electron chi connectivity index (χ1n) is 6.85. The molecule has 0 bridgehead atoms. The van der Waals surface area contributed by atoms with Crippen LogP contribution >= 0.6 is 0 Å². The fourth-order valence-corrected chi connectivity index (χ4v) is 2.11. The standard InChI is InChI=1S/C16H21N3/c1-3-13-9-11-16(4-2,12-10-13)19-18-15-8-6-5-7-14(15)17/h5-11H,3-4,12,17H2,1-2H3. The third-order valence-corrected chi connectivity index (χ3v) is 3.64. The second-order valence-electron chi connectivity index (χ2n) is 4.89. The van der Waals surface area contributed by atoms with E-state index in [2.05, 4.69) is 42.3 Å². The molecule has 1 aliphatic rings. The third-order valence-electron chi connectivity index (χ3n) is 3.64. The number of nitrogens with zero attached hydrogens (tertiary/aromatic N) is 2. The molecule has 0 saturated heterocycles. The molecule has 0 amide bonds. The van der Waals surface area contributed by atoms with Gasteiger partial charge in [0.2, 0.25) is 0 Å². The zero-order chi connectivity index (χ0) is 13.7. The average molecular weight is 255 g/mol. The van der Waals surface area contributed by atoms with Gasteiger partial charge in [0.15, 0.2) is 0 Å². The van der Waals surface area contributed by atoms with Crippen LogP contribution in [0.5, 0.6) is 0 Å². The van der Waals surface area contributed by atoms with Gasteiger partial charge in [-0.15, -0.1) is 0 Å². The molecular formula is C16H21N3. The minimum Gasteiger partial charge on any atom is -0.397 e. The van der Waals surface area contributed by atoms with Gasteiger partial charge in [0, 0.05) is 0 Å². The molecule has 1 unspecified atom stereocenters. The van der Waals surface area contributed by atoms with Gasteiger partial charge in [0.25, 0.3) is 0 Å². The smallest absolute Gasteiger partial charge is 0.108 e. The summed E-state index contributed by atoms with van der Waals surface area (Å²) in [6, 6.07) is 7.57. The molecule has 1 aromatic rings. The van der Waals surface area contributed by atoms with E-state index in [1.165, 1.54) is 5.57 Å². The molecule has 1 aliphatic carbocycles. The van der Waals surface area contributed by atoms with Gasteiger partial charge in [0.1, 0.15) is 11.2 Å². The summed E-state index contributed by atoms with van der Waals surface area (Å²) in [6.45, 7) is 4.31. The van der Waals surface area contributed by atoms with Gasteiger partial charge in [-0.1, -0.05) is 49.8 Å². The molecule has 0 aromatic heterocycles. The van der Waals surface area contributed by atoms with Crippen molar-refractivity contribution in [1.82, 2.24) is 0 Å². The van der Waals surface area contributed by atoms with Crippen LogP contribution in [0.2, 0.25) is 0 Å². The largest absolute Gasteiger partial charge is 0.397 e. The fourth-order valence-electron chi connectivity index (χ4n) is 2.11. The lowest BCUT2D eigenvalue weighted by atomic mass is 9.87. The quantitative estimate of drug-likeness (QED) is 0.610. The topological polar surface area (TPSA) is 50.7 Å². The highest BCUT2D eigenvalue weighted by atomic mass is 15.2. The Hall–Kier alpha value is -1.90. The van der Waals surface area contributed by atoms with Gasteiger partial charge in [-0.3, -0.25) is 0 Å². The summed E-state index contributed by atoms with van der Waals surface area (Å²) in [6.07, 6.45) is 9.53. The van der Waals surface area contributed by atoms with Crippen molar-refractivity contribution in [1.29, 1.82) is 0 Å². The normalized spacial score (nSPS) is 22.7. The summed E-state index contributed by atoms with van der Waals surface area (Å²) in [4.78, 5) is 0. The van der Waals surface area contributed by atoms with Gasteiger partial charge in [-0.2, -0.15) is 10.2 Å². The summed E-state index contributed by atoms with van der Waals surface area (Å²) < 4.78 is 0. The van der Waals surface area contributed by atoms with Crippen molar-refractivity contribution in [2.24, 2.45) is 10.2 Å². The third kappa shape index (κ3) is 3.11. The van der Waals surface area contributed by atoms with Crippen LogP contribution in [0, 0.1) is 0 Å². The molecule has 1 aromatic carbocycles. The van der Waals surface area contributed by atoms with Gasteiger partial charge in [0.05, 0.1) is 5.69 Å². The monoisotopic (exact) mass is 255 g/mol. The summed E-state index contributed by atoms with van der Waals surface area (Å²) in [5, 5.41) is 8.89.